The van der Waals surface area contributed by atoms with Crippen molar-refractivity contribution in [2.45, 2.75) is 89.7 Å². The fraction of sp³-hybridized carbons (Fsp3) is 0.500. The zero-order valence-corrected chi connectivity index (χ0v) is 29.5. The van der Waals surface area contributed by atoms with Crippen LogP contribution in [-0.4, -0.2) is 73.0 Å². The van der Waals surface area contributed by atoms with Crippen molar-refractivity contribution >= 4 is 29.2 Å². The molecule has 3 atom stereocenters. The molecule has 0 saturated heterocycles. The molecule has 0 unspecified atom stereocenters. The monoisotopic (exact) mass is 711 g/mol. The highest BCUT2D eigenvalue weighted by Gasteiger charge is 2.31. The van der Waals surface area contributed by atoms with Crippen molar-refractivity contribution in [1.29, 1.82) is 5.41 Å². The normalized spacial score (nSPS) is 13.2. The predicted octanol–water partition coefficient (Wildman–Crippen LogP) is -2.46. The van der Waals surface area contributed by atoms with E-state index in [1.165, 1.54) is 0 Å². The molecule has 17 nitrogen and oxygen atoms in total. The largest absolute Gasteiger partial charge is 0.384 e. The van der Waals surface area contributed by atoms with Gasteiger partial charge in [0.25, 0.3) is 0 Å². The van der Waals surface area contributed by atoms with Gasteiger partial charge in [0.05, 0.1) is 12.1 Å². The zero-order chi connectivity index (χ0) is 37.9. The Balaban J connectivity index is 2.15. The zero-order valence-electron chi connectivity index (χ0n) is 29.5. The van der Waals surface area contributed by atoms with Gasteiger partial charge in [-0.15, -0.1) is 0 Å². The molecule has 0 aromatic heterocycles. The first-order valence-electron chi connectivity index (χ1n) is 17.1. The molecule has 0 aliphatic heterocycles. The molecule has 0 saturated carbocycles. The van der Waals surface area contributed by atoms with E-state index in [4.69, 9.17) is 39.8 Å². The average Bonchev–Trinajstić information content (AvgIpc) is 3.09. The summed E-state index contributed by atoms with van der Waals surface area (Å²) in [5.74, 6) is -2.57. The number of ketones is 2. The third-order valence-electron chi connectivity index (χ3n) is 8.04. The Morgan fingerprint density at radius 1 is 0.725 bits per heavy atom. The van der Waals surface area contributed by atoms with Crippen LogP contribution in [0.15, 0.2) is 48.5 Å². The highest BCUT2D eigenvalue weighted by Crippen LogP contribution is 2.10. The minimum absolute atomic E-state index is 0.0556. The highest BCUT2D eigenvalue weighted by atomic mass is 16.2. The molecule has 0 spiro atoms. The van der Waals surface area contributed by atoms with Gasteiger partial charge < -0.3 is 45.0 Å². The minimum atomic E-state index is -1.10. The van der Waals surface area contributed by atoms with Crippen LogP contribution in [0.2, 0.25) is 0 Å². The number of nitrogens with two attached hydrogens (primary N) is 6. The maximum Gasteiger partial charge on any atom is 0.239 e. The van der Waals surface area contributed by atoms with Crippen molar-refractivity contribution in [1.82, 2.24) is 32.1 Å². The number of nitrogens with one attached hydrogen (secondary N) is 7. The maximum absolute atomic E-state index is 13.7. The number of hydrogen-bond acceptors (Lipinski definition) is 14. The van der Waals surface area contributed by atoms with Gasteiger partial charge in [-0.1, -0.05) is 62.4 Å². The Morgan fingerprint density at radius 2 is 1.25 bits per heavy atom. The number of amides is 2. The molecule has 282 valence electrons. The Bertz CT molecular complexity index is 1400. The average molecular weight is 712 g/mol. The summed E-state index contributed by atoms with van der Waals surface area (Å²) in [4.78, 5) is 53.6. The smallest absolute Gasteiger partial charge is 0.239 e. The first-order chi connectivity index (χ1) is 24.2. The van der Waals surface area contributed by atoms with Gasteiger partial charge in [-0.05, 0) is 61.4 Å². The van der Waals surface area contributed by atoms with Crippen LogP contribution in [0.25, 0.3) is 0 Å². The lowest BCUT2D eigenvalue weighted by Crippen LogP contribution is -2.60. The Morgan fingerprint density at radius 3 is 1.76 bits per heavy atom. The summed E-state index contributed by atoms with van der Waals surface area (Å²) in [6, 6.07) is 11.2. The number of benzene rings is 2. The highest BCUT2D eigenvalue weighted by molar-refractivity contribution is 6.39. The molecule has 19 N–H and O–H groups in total. The molecular weight excluding hydrogens is 654 g/mol. The molecule has 0 fully saturated rings. The van der Waals surface area contributed by atoms with Gasteiger partial charge in [0.1, 0.15) is 24.5 Å². The number of hydrogen-bond donors (Lipinski definition) is 13. The van der Waals surface area contributed by atoms with E-state index in [0.29, 0.717) is 50.0 Å². The predicted molar refractivity (Wildman–Crippen MR) is 197 cm³/mol. The van der Waals surface area contributed by atoms with Gasteiger partial charge in [0.15, 0.2) is 0 Å². The molecular formula is C34H57N13O4. The Hall–Kier alpha value is -4.17. The molecule has 0 heterocycles. The van der Waals surface area contributed by atoms with E-state index in [2.05, 4.69) is 32.1 Å². The summed E-state index contributed by atoms with van der Waals surface area (Å²) in [7, 11) is 0. The summed E-state index contributed by atoms with van der Waals surface area (Å²) in [6.45, 7) is 5.00. The molecule has 0 aliphatic carbocycles. The lowest BCUT2D eigenvalue weighted by atomic mass is 9.97. The van der Waals surface area contributed by atoms with E-state index in [9.17, 15) is 19.2 Å². The number of amidine groups is 1. The summed E-state index contributed by atoms with van der Waals surface area (Å²) < 4.78 is 0. The van der Waals surface area contributed by atoms with Crippen molar-refractivity contribution in [3.8, 4) is 0 Å². The van der Waals surface area contributed by atoms with E-state index in [-0.39, 0.29) is 37.0 Å². The van der Waals surface area contributed by atoms with Gasteiger partial charge in [-0.2, -0.15) is 0 Å². The third kappa shape index (κ3) is 16.2. The number of Topliss-reactive ketones (excluding diaryl/α,β-unsaturated/α-hetero) is 2. The SMILES string of the molecule is CC(C)[C@H](NN[C@@H](CCCNC(N)N)C(=O)NCc1ccc(C(=N)N)cc1)C(=O)N[C@@H](CCCNC(N)N)C(=O)C(=O)Cc1ccc(CN)cc1. The van der Waals surface area contributed by atoms with Crippen LogP contribution >= 0.6 is 0 Å². The van der Waals surface area contributed by atoms with Gasteiger partial charge in [-0.25, -0.2) is 10.9 Å². The van der Waals surface area contributed by atoms with E-state index < -0.39 is 48.2 Å². The number of nitrogen functional groups attached to an aromatic ring is 1. The lowest BCUT2D eigenvalue weighted by molar-refractivity contribution is -0.139. The molecule has 17 heteroatoms. The first-order valence-corrected chi connectivity index (χ1v) is 17.1. The van der Waals surface area contributed by atoms with Crippen molar-refractivity contribution in [2.24, 2.45) is 40.3 Å². The Labute approximate surface area is 299 Å². The topological polar surface area (TPSA) is 320 Å². The van der Waals surface area contributed by atoms with E-state index in [0.717, 1.165) is 11.1 Å². The number of carbonyl (C=O) groups excluding carboxylic acids is 4. The van der Waals surface area contributed by atoms with Crippen molar-refractivity contribution in [3.63, 3.8) is 0 Å². The quantitative estimate of drug-likeness (QED) is 0.0127. The van der Waals surface area contributed by atoms with Gasteiger partial charge in [0.2, 0.25) is 23.4 Å². The lowest BCUT2D eigenvalue weighted by Gasteiger charge is -2.28. The molecule has 51 heavy (non-hydrogen) atoms. The maximum atomic E-state index is 13.7. The number of carbonyl (C=O) groups is 4. The van der Waals surface area contributed by atoms with Crippen LogP contribution in [0.5, 0.6) is 0 Å². The second kappa shape index (κ2) is 22.6. The molecule has 2 amide bonds. The summed E-state index contributed by atoms with van der Waals surface area (Å²) in [6.07, 6.45) is -0.154. The second-order valence-corrected chi connectivity index (χ2v) is 12.7. The fourth-order valence-electron chi connectivity index (χ4n) is 5.05. The summed E-state index contributed by atoms with van der Waals surface area (Å²) in [5, 5.41) is 19.0. The van der Waals surface area contributed by atoms with Gasteiger partial charge in [0, 0.05) is 25.1 Å². The van der Waals surface area contributed by atoms with Crippen molar-refractivity contribution in [2.75, 3.05) is 13.1 Å². The number of rotatable bonds is 25. The summed E-state index contributed by atoms with van der Waals surface area (Å²) in [5.41, 5.74) is 42.4. The third-order valence-corrected chi connectivity index (χ3v) is 8.04. The van der Waals surface area contributed by atoms with Crippen LogP contribution in [0.3, 0.4) is 0 Å². The van der Waals surface area contributed by atoms with E-state index >= 15 is 0 Å². The minimum Gasteiger partial charge on any atom is -0.384 e. The molecule has 2 rings (SSSR count). The van der Waals surface area contributed by atoms with Crippen molar-refractivity contribution in [3.05, 3.63) is 70.8 Å². The standard InChI is InChI=1S/C34H57N13O4/c1-20(2)28(47-46-26(6-4-16-43-34(40)41)31(50)44-19-23-11-13-24(14-12-23)30(36)37)32(51)45-25(5-3-15-42-33(38)39)29(49)27(48)17-21-7-9-22(18-35)10-8-21/h7-14,20,25-26,28,33-34,42-43,46-47H,3-6,15-19,35,38-41H2,1-2H3,(H3,36,37)(H,44,50)(H,45,51)/t25-,26-,28-/m0/s1. The first kappa shape index (κ1) is 43.0. The van der Waals surface area contributed by atoms with E-state index in [1.807, 2.05) is 13.8 Å². The number of hydrazine groups is 1. The second-order valence-electron chi connectivity index (χ2n) is 12.7. The van der Waals surface area contributed by atoms with Crippen LogP contribution in [0, 0.1) is 11.3 Å². The van der Waals surface area contributed by atoms with Gasteiger partial charge >= 0.3 is 0 Å². The van der Waals surface area contributed by atoms with Gasteiger partial charge in [-0.3, -0.25) is 35.2 Å². The van der Waals surface area contributed by atoms with Crippen molar-refractivity contribution < 1.29 is 19.2 Å². The Kier molecular flexibility index (Phi) is 19.1. The molecule has 0 radical (unpaired) electrons. The van der Waals surface area contributed by atoms with Crippen LogP contribution in [0.4, 0.5) is 0 Å². The fourth-order valence-corrected chi connectivity index (χ4v) is 5.05. The molecule has 0 bridgehead atoms. The molecule has 2 aromatic rings. The molecule has 0 aliphatic rings. The van der Waals surface area contributed by atoms with Crippen LogP contribution in [-0.2, 0) is 38.7 Å². The van der Waals surface area contributed by atoms with E-state index in [1.54, 1.807) is 48.5 Å². The molecule has 2 aromatic carbocycles. The summed E-state index contributed by atoms with van der Waals surface area (Å²) >= 11 is 0. The van der Waals surface area contributed by atoms with Crippen LogP contribution in [0.1, 0.15) is 61.8 Å². The van der Waals surface area contributed by atoms with Crippen LogP contribution < -0.4 is 66.5 Å².